The van der Waals surface area contributed by atoms with E-state index in [1.807, 2.05) is 11.3 Å². The first-order valence-electron chi connectivity index (χ1n) is 7.48. The molecule has 1 heterocycles. The molecular weight excluding hydrogens is 240 g/mol. The molecule has 2 atom stereocenters. The van der Waals surface area contributed by atoms with Crippen LogP contribution in [0, 0.1) is 11.8 Å². The van der Waals surface area contributed by atoms with Crippen molar-refractivity contribution in [3.05, 3.63) is 21.9 Å². The predicted octanol–water partition coefficient (Wildman–Crippen LogP) is 4.18. The lowest BCUT2D eigenvalue weighted by Gasteiger charge is -2.37. The molecule has 0 amide bonds. The minimum Gasteiger partial charge on any atom is -0.390 e. The summed E-state index contributed by atoms with van der Waals surface area (Å²) in [6.07, 6.45) is 9.49. The first-order chi connectivity index (χ1) is 8.68. The lowest BCUT2D eigenvalue weighted by molar-refractivity contribution is -0.0189. The Morgan fingerprint density at radius 2 is 2.00 bits per heavy atom. The van der Waals surface area contributed by atoms with Crippen molar-refractivity contribution in [1.29, 1.82) is 0 Å². The summed E-state index contributed by atoms with van der Waals surface area (Å²) in [5, 5.41) is 10.9. The van der Waals surface area contributed by atoms with E-state index in [0.717, 1.165) is 37.5 Å². The van der Waals surface area contributed by atoms with Crippen LogP contribution in [-0.2, 0) is 12.8 Å². The summed E-state index contributed by atoms with van der Waals surface area (Å²) in [5.41, 5.74) is -0.401. The van der Waals surface area contributed by atoms with Gasteiger partial charge in [0.15, 0.2) is 0 Å². The van der Waals surface area contributed by atoms with Gasteiger partial charge in [0.2, 0.25) is 0 Å². The zero-order valence-corrected chi connectivity index (χ0v) is 12.1. The van der Waals surface area contributed by atoms with Gasteiger partial charge in [-0.2, -0.15) is 0 Å². The fourth-order valence-corrected chi connectivity index (χ4v) is 4.64. The smallest absolute Gasteiger partial charge is 0.0698 e. The molecule has 2 fully saturated rings. The monoisotopic (exact) mass is 264 g/mol. The average Bonchev–Trinajstić information content (AvgIpc) is 3.11. The van der Waals surface area contributed by atoms with E-state index in [0.29, 0.717) is 0 Å². The van der Waals surface area contributed by atoms with Gasteiger partial charge in [0.05, 0.1) is 5.60 Å². The van der Waals surface area contributed by atoms with E-state index in [-0.39, 0.29) is 0 Å². The van der Waals surface area contributed by atoms with Gasteiger partial charge in [-0.1, -0.05) is 13.3 Å². The summed E-state index contributed by atoms with van der Waals surface area (Å²) in [7, 11) is 0. The molecule has 2 unspecified atom stereocenters. The van der Waals surface area contributed by atoms with E-state index in [1.165, 1.54) is 35.4 Å². The molecule has 100 valence electrons. The Bertz CT molecular complexity index is 407. The highest BCUT2D eigenvalue weighted by Gasteiger charge is 2.41. The predicted molar refractivity (Wildman–Crippen MR) is 77.0 cm³/mol. The van der Waals surface area contributed by atoms with Crippen molar-refractivity contribution in [1.82, 2.24) is 0 Å². The Balaban J connectivity index is 1.65. The molecule has 0 radical (unpaired) electrons. The molecule has 2 heteroatoms. The van der Waals surface area contributed by atoms with Crippen LogP contribution in [0.25, 0.3) is 0 Å². The van der Waals surface area contributed by atoms with E-state index >= 15 is 0 Å². The Morgan fingerprint density at radius 1 is 1.22 bits per heavy atom. The van der Waals surface area contributed by atoms with Gasteiger partial charge < -0.3 is 5.11 Å². The lowest BCUT2D eigenvalue weighted by Crippen LogP contribution is -2.37. The van der Waals surface area contributed by atoms with Crippen molar-refractivity contribution in [3.63, 3.8) is 0 Å². The van der Waals surface area contributed by atoms with E-state index in [2.05, 4.69) is 19.1 Å². The zero-order valence-electron chi connectivity index (χ0n) is 11.3. The Morgan fingerprint density at radius 3 is 2.67 bits per heavy atom. The second-order valence-corrected chi connectivity index (χ2v) is 7.57. The third kappa shape index (κ3) is 2.80. The Kier molecular flexibility index (Phi) is 3.50. The van der Waals surface area contributed by atoms with Gasteiger partial charge >= 0.3 is 0 Å². The third-order valence-corrected chi connectivity index (χ3v) is 5.95. The molecular formula is C16H24OS. The summed E-state index contributed by atoms with van der Waals surface area (Å²) in [5.74, 6) is 1.76. The van der Waals surface area contributed by atoms with Crippen LogP contribution in [0.15, 0.2) is 12.1 Å². The first kappa shape index (κ1) is 12.7. The molecule has 2 saturated carbocycles. The maximum Gasteiger partial charge on any atom is 0.0698 e. The van der Waals surface area contributed by atoms with E-state index in [1.54, 1.807) is 0 Å². The van der Waals surface area contributed by atoms with E-state index in [9.17, 15) is 5.11 Å². The standard InChI is InChI=1S/C16H24OS/c1-2-14-7-8-15(18-14)11-16(17)9-3-4-13(10-16)12-5-6-12/h7-8,12-13,17H,2-6,9-11H2,1H3. The molecule has 1 aromatic heterocycles. The lowest BCUT2D eigenvalue weighted by atomic mass is 9.74. The molecule has 18 heavy (non-hydrogen) atoms. The minimum atomic E-state index is -0.401. The van der Waals surface area contributed by atoms with Crippen LogP contribution in [-0.4, -0.2) is 10.7 Å². The molecule has 1 aromatic rings. The van der Waals surface area contributed by atoms with Crippen LogP contribution < -0.4 is 0 Å². The van der Waals surface area contributed by atoms with Crippen molar-refractivity contribution in [2.75, 3.05) is 0 Å². The number of hydrogen-bond donors (Lipinski definition) is 1. The number of hydrogen-bond acceptors (Lipinski definition) is 2. The van der Waals surface area contributed by atoms with Gasteiger partial charge in [-0.15, -0.1) is 11.3 Å². The second kappa shape index (κ2) is 4.97. The number of aliphatic hydroxyl groups is 1. The molecule has 1 N–H and O–H groups in total. The summed E-state index contributed by atoms with van der Waals surface area (Å²) < 4.78 is 0. The molecule has 0 aromatic carbocycles. The molecule has 0 saturated heterocycles. The van der Waals surface area contributed by atoms with Gasteiger partial charge in [0.1, 0.15) is 0 Å². The van der Waals surface area contributed by atoms with Crippen molar-refractivity contribution in [2.45, 2.75) is 63.9 Å². The maximum atomic E-state index is 10.9. The molecule has 2 aliphatic rings. The molecule has 3 rings (SSSR count). The van der Waals surface area contributed by atoms with Gasteiger partial charge in [-0.05, 0) is 62.5 Å². The molecule has 1 nitrogen and oxygen atoms in total. The highest BCUT2D eigenvalue weighted by molar-refractivity contribution is 7.12. The van der Waals surface area contributed by atoms with Gasteiger partial charge in [0, 0.05) is 16.2 Å². The van der Waals surface area contributed by atoms with Crippen molar-refractivity contribution >= 4 is 11.3 Å². The Hall–Kier alpha value is -0.340. The van der Waals surface area contributed by atoms with Crippen LogP contribution in [0.3, 0.4) is 0 Å². The normalized spacial score (nSPS) is 32.7. The van der Waals surface area contributed by atoms with Crippen molar-refractivity contribution in [3.8, 4) is 0 Å². The van der Waals surface area contributed by atoms with Gasteiger partial charge in [0.25, 0.3) is 0 Å². The highest BCUT2D eigenvalue weighted by atomic mass is 32.1. The third-order valence-electron chi connectivity index (χ3n) is 4.72. The van der Waals surface area contributed by atoms with Crippen LogP contribution in [0.4, 0.5) is 0 Å². The topological polar surface area (TPSA) is 20.2 Å². The van der Waals surface area contributed by atoms with Crippen LogP contribution in [0.1, 0.15) is 55.2 Å². The van der Waals surface area contributed by atoms with Crippen molar-refractivity contribution < 1.29 is 5.11 Å². The first-order valence-corrected chi connectivity index (χ1v) is 8.30. The van der Waals surface area contributed by atoms with Crippen LogP contribution in [0.5, 0.6) is 0 Å². The Labute approximate surface area is 114 Å². The SMILES string of the molecule is CCc1ccc(CC2(O)CCCC(C3CC3)C2)s1. The number of aryl methyl sites for hydroxylation is 1. The van der Waals surface area contributed by atoms with Gasteiger partial charge in [-0.3, -0.25) is 0 Å². The molecule has 0 aliphatic heterocycles. The van der Waals surface area contributed by atoms with Gasteiger partial charge in [-0.25, -0.2) is 0 Å². The summed E-state index contributed by atoms with van der Waals surface area (Å²) >= 11 is 1.89. The largest absolute Gasteiger partial charge is 0.390 e. The number of thiophene rings is 1. The second-order valence-electron chi connectivity index (χ2n) is 6.32. The summed E-state index contributed by atoms with van der Waals surface area (Å²) in [6.45, 7) is 2.20. The molecule has 0 spiro atoms. The average molecular weight is 264 g/mol. The fraction of sp³-hybridized carbons (Fsp3) is 0.750. The van der Waals surface area contributed by atoms with E-state index < -0.39 is 5.60 Å². The molecule has 2 aliphatic carbocycles. The summed E-state index contributed by atoms with van der Waals surface area (Å²) in [6, 6.07) is 4.45. The van der Waals surface area contributed by atoms with E-state index in [4.69, 9.17) is 0 Å². The number of rotatable bonds is 4. The molecule has 0 bridgehead atoms. The fourth-order valence-electron chi connectivity index (χ4n) is 3.55. The zero-order chi connectivity index (χ0) is 12.6. The van der Waals surface area contributed by atoms with Crippen LogP contribution >= 0.6 is 11.3 Å². The minimum absolute atomic E-state index is 0.401. The highest BCUT2D eigenvalue weighted by Crippen LogP contribution is 2.47. The summed E-state index contributed by atoms with van der Waals surface area (Å²) in [4.78, 5) is 2.83. The quantitative estimate of drug-likeness (QED) is 0.864. The maximum absolute atomic E-state index is 10.9. The van der Waals surface area contributed by atoms with Crippen LogP contribution in [0.2, 0.25) is 0 Å². The van der Waals surface area contributed by atoms with Crippen molar-refractivity contribution in [2.24, 2.45) is 11.8 Å².